The summed E-state index contributed by atoms with van der Waals surface area (Å²) in [6, 6.07) is 0. The maximum absolute atomic E-state index is 2.17. The van der Waals surface area contributed by atoms with Crippen LogP contribution in [-0.4, -0.2) is 11.5 Å². The van der Waals surface area contributed by atoms with Crippen molar-refractivity contribution in [2.75, 3.05) is 11.5 Å². The summed E-state index contributed by atoms with van der Waals surface area (Å²) in [7, 11) is 0. The van der Waals surface area contributed by atoms with E-state index in [9.17, 15) is 0 Å². The summed E-state index contributed by atoms with van der Waals surface area (Å²) in [6.45, 7) is 0. The van der Waals surface area contributed by atoms with Crippen molar-refractivity contribution in [2.24, 2.45) is 0 Å². The number of rotatable bonds is 0. The van der Waals surface area contributed by atoms with Crippen LogP contribution in [-0.2, 0) is 0 Å². The minimum atomic E-state index is 1.17. The summed E-state index contributed by atoms with van der Waals surface area (Å²) in [5.74, 6) is 2.35. The van der Waals surface area contributed by atoms with Crippen LogP contribution in [0.3, 0.4) is 0 Å². The van der Waals surface area contributed by atoms with Crippen molar-refractivity contribution in [3.63, 3.8) is 0 Å². The zero-order valence-corrected chi connectivity index (χ0v) is 4.95. The summed E-state index contributed by atoms with van der Waals surface area (Å²) in [6.07, 6.45) is 8.54. The van der Waals surface area contributed by atoms with Gasteiger partial charge in [0.25, 0.3) is 0 Å². The van der Waals surface area contributed by atoms with Crippen molar-refractivity contribution in [3.05, 3.63) is 24.3 Å². The highest BCUT2D eigenvalue weighted by Gasteiger charge is 1.81. The van der Waals surface area contributed by atoms with Gasteiger partial charge in [-0.2, -0.15) is 11.8 Å². The van der Waals surface area contributed by atoms with Crippen molar-refractivity contribution in [1.82, 2.24) is 0 Å². The molecule has 0 saturated heterocycles. The monoisotopic (exact) mass is 112 g/mol. The molecule has 1 heteroatoms. The predicted octanol–water partition coefficient (Wildman–Crippen LogP) is 1.85. The van der Waals surface area contributed by atoms with Crippen molar-refractivity contribution >= 4 is 11.8 Å². The Labute approximate surface area is 48.3 Å². The average Bonchev–Trinajstić information content (AvgIpc) is 1.90. The van der Waals surface area contributed by atoms with Gasteiger partial charge in [0.15, 0.2) is 0 Å². The summed E-state index contributed by atoms with van der Waals surface area (Å²) in [5, 5.41) is 0. The second kappa shape index (κ2) is 2.92. The molecule has 1 aliphatic heterocycles. The van der Waals surface area contributed by atoms with Crippen LogP contribution >= 0.6 is 11.8 Å². The third-order valence-electron chi connectivity index (χ3n) is 0.811. The van der Waals surface area contributed by atoms with Crippen molar-refractivity contribution in [3.8, 4) is 0 Å². The van der Waals surface area contributed by atoms with Crippen LogP contribution in [0, 0.1) is 0 Å². The molecule has 0 aromatic carbocycles. The standard InChI is InChI=1S/C6H8S/c1-2-4-6-7-5-3-1/h1-4H,5-6H2. The molecule has 0 N–H and O–H groups in total. The molecule has 0 aromatic heterocycles. The molecule has 0 bridgehead atoms. The molecule has 0 nitrogen and oxygen atoms in total. The first-order chi connectivity index (χ1) is 3.50. The van der Waals surface area contributed by atoms with Crippen LogP contribution in [0.2, 0.25) is 0 Å². The molecule has 1 rings (SSSR count). The van der Waals surface area contributed by atoms with Crippen LogP contribution in [0.15, 0.2) is 24.3 Å². The Balaban J connectivity index is 2.39. The van der Waals surface area contributed by atoms with Gasteiger partial charge in [0.05, 0.1) is 0 Å². The topological polar surface area (TPSA) is 0 Å². The summed E-state index contributed by atoms with van der Waals surface area (Å²) < 4.78 is 0. The molecule has 0 atom stereocenters. The Morgan fingerprint density at radius 1 is 1.00 bits per heavy atom. The lowest BCUT2D eigenvalue weighted by molar-refractivity contribution is 1.77. The van der Waals surface area contributed by atoms with E-state index in [0.29, 0.717) is 0 Å². The molecular weight excluding hydrogens is 104 g/mol. The smallest absolute Gasteiger partial charge is 0.0119 e. The third kappa shape index (κ3) is 1.83. The molecule has 0 amide bonds. The first-order valence-electron chi connectivity index (χ1n) is 2.39. The Hall–Kier alpha value is -0.170. The number of hydrogen-bond acceptors (Lipinski definition) is 1. The lowest BCUT2D eigenvalue weighted by Crippen LogP contribution is -1.67. The van der Waals surface area contributed by atoms with Gasteiger partial charge in [-0.25, -0.2) is 0 Å². The maximum atomic E-state index is 2.17. The van der Waals surface area contributed by atoms with Crippen LogP contribution in [0.1, 0.15) is 0 Å². The van der Waals surface area contributed by atoms with E-state index in [1.807, 2.05) is 11.8 Å². The minimum Gasteiger partial charge on any atom is -0.154 e. The van der Waals surface area contributed by atoms with E-state index in [4.69, 9.17) is 0 Å². The van der Waals surface area contributed by atoms with Gasteiger partial charge in [0.2, 0.25) is 0 Å². The molecule has 0 spiro atoms. The van der Waals surface area contributed by atoms with Gasteiger partial charge >= 0.3 is 0 Å². The van der Waals surface area contributed by atoms with Crippen LogP contribution in [0.4, 0.5) is 0 Å². The quantitative estimate of drug-likeness (QED) is 0.461. The lowest BCUT2D eigenvalue weighted by atomic mass is 10.5. The average molecular weight is 112 g/mol. The number of hydrogen-bond donors (Lipinski definition) is 0. The van der Waals surface area contributed by atoms with E-state index in [1.165, 1.54) is 11.5 Å². The maximum Gasteiger partial charge on any atom is 0.0119 e. The van der Waals surface area contributed by atoms with E-state index >= 15 is 0 Å². The van der Waals surface area contributed by atoms with E-state index < -0.39 is 0 Å². The van der Waals surface area contributed by atoms with Gasteiger partial charge in [-0.15, -0.1) is 0 Å². The molecule has 0 radical (unpaired) electrons. The zero-order chi connectivity index (χ0) is 4.95. The number of thioether (sulfide) groups is 1. The Morgan fingerprint density at radius 3 is 2.14 bits per heavy atom. The Kier molecular flexibility index (Phi) is 2.07. The Morgan fingerprint density at radius 2 is 1.57 bits per heavy atom. The fourth-order valence-corrected chi connectivity index (χ4v) is 1.10. The van der Waals surface area contributed by atoms with Gasteiger partial charge in [-0.3, -0.25) is 0 Å². The SMILES string of the molecule is C1=CCSCC=C1. The van der Waals surface area contributed by atoms with Crippen LogP contribution in [0.5, 0.6) is 0 Å². The third-order valence-corrected chi connectivity index (χ3v) is 1.67. The van der Waals surface area contributed by atoms with Crippen molar-refractivity contribution in [2.45, 2.75) is 0 Å². The molecule has 0 saturated carbocycles. The second-order valence-electron chi connectivity index (χ2n) is 1.39. The highest BCUT2D eigenvalue weighted by atomic mass is 32.2. The molecule has 0 aliphatic carbocycles. The Bertz CT molecular complexity index is 80.4. The molecule has 0 fully saturated rings. The van der Waals surface area contributed by atoms with E-state index in [2.05, 4.69) is 24.3 Å². The van der Waals surface area contributed by atoms with E-state index in [0.717, 1.165) is 0 Å². The van der Waals surface area contributed by atoms with Crippen molar-refractivity contribution in [1.29, 1.82) is 0 Å². The van der Waals surface area contributed by atoms with Gasteiger partial charge in [0, 0.05) is 11.5 Å². The number of allylic oxidation sites excluding steroid dienone is 2. The first kappa shape index (κ1) is 4.98. The minimum absolute atomic E-state index is 1.17. The largest absolute Gasteiger partial charge is 0.154 e. The molecule has 1 heterocycles. The summed E-state index contributed by atoms with van der Waals surface area (Å²) in [5.41, 5.74) is 0. The highest BCUT2D eigenvalue weighted by Crippen LogP contribution is 2.03. The lowest BCUT2D eigenvalue weighted by Gasteiger charge is -1.82. The molecule has 38 valence electrons. The van der Waals surface area contributed by atoms with Gasteiger partial charge in [-0.05, 0) is 0 Å². The predicted molar refractivity (Wildman–Crippen MR) is 35.6 cm³/mol. The molecule has 1 aliphatic rings. The zero-order valence-electron chi connectivity index (χ0n) is 4.13. The van der Waals surface area contributed by atoms with Crippen molar-refractivity contribution < 1.29 is 0 Å². The molecular formula is C6H8S. The fraction of sp³-hybridized carbons (Fsp3) is 0.333. The molecule has 0 aromatic rings. The van der Waals surface area contributed by atoms with Crippen LogP contribution in [0.25, 0.3) is 0 Å². The van der Waals surface area contributed by atoms with E-state index in [-0.39, 0.29) is 0 Å². The van der Waals surface area contributed by atoms with Crippen LogP contribution < -0.4 is 0 Å². The van der Waals surface area contributed by atoms with Gasteiger partial charge in [0.1, 0.15) is 0 Å². The second-order valence-corrected chi connectivity index (χ2v) is 2.47. The summed E-state index contributed by atoms with van der Waals surface area (Å²) in [4.78, 5) is 0. The molecule has 7 heavy (non-hydrogen) atoms. The summed E-state index contributed by atoms with van der Waals surface area (Å²) >= 11 is 1.94. The van der Waals surface area contributed by atoms with Gasteiger partial charge in [-0.1, -0.05) is 24.3 Å². The van der Waals surface area contributed by atoms with E-state index in [1.54, 1.807) is 0 Å². The fourth-order valence-electron chi connectivity index (χ4n) is 0.472. The van der Waals surface area contributed by atoms with Gasteiger partial charge < -0.3 is 0 Å². The first-order valence-corrected chi connectivity index (χ1v) is 3.55. The molecule has 0 unspecified atom stereocenters. The highest BCUT2D eigenvalue weighted by molar-refractivity contribution is 7.99. The normalized spacial score (nSPS) is 19.4.